The molecule has 0 aliphatic carbocycles. The number of benzene rings is 2. The van der Waals surface area contributed by atoms with Gasteiger partial charge in [-0.05, 0) is 36.4 Å². The molecule has 0 aromatic heterocycles. The van der Waals surface area contributed by atoms with E-state index in [4.69, 9.17) is 0 Å². The molecule has 0 fully saturated rings. The molecular formula is C17H15N3O4. The molecule has 122 valence electrons. The molecule has 2 amide bonds. The first-order valence-electron chi connectivity index (χ1n) is 7.06. The Morgan fingerprint density at radius 3 is 2.38 bits per heavy atom. The number of amides is 2. The quantitative estimate of drug-likeness (QED) is 0.501. The summed E-state index contributed by atoms with van der Waals surface area (Å²) in [5, 5.41) is 16.0. The van der Waals surface area contributed by atoms with Crippen molar-refractivity contribution in [3.63, 3.8) is 0 Å². The first kappa shape index (κ1) is 16.9. The van der Waals surface area contributed by atoms with Gasteiger partial charge < -0.3 is 10.6 Å². The molecule has 0 bridgehead atoms. The number of nitro groups is 1. The third kappa shape index (κ3) is 4.26. The molecule has 0 saturated heterocycles. The van der Waals surface area contributed by atoms with Crippen molar-refractivity contribution in [1.29, 1.82) is 0 Å². The number of anilines is 1. The second-order valence-electron chi connectivity index (χ2n) is 4.79. The van der Waals surface area contributed by atoms with E-state index in [1.54, 1.807) is 42.5 Å². The van der Waals surface area contributed by atoms with E-state index in [1.165, 1.54) is 25.3 Å². The van der Waals surface area contributed by atoms with Gasteiger partial charge in [0.25, 0.3) is 11.6 Å². The van der Waals surface area contributed by atoms with Crippen molar-refractivity contribution in [3.8, 4) is 0 Å². The van der Waals surface area contributed by atoms with E-state index in [0.29, 0.717) is 16.8 Å². The fourth-order valence-electron chi connectivity index (χ4n) is 1.99. The van der Waals surface area contributed by atoms with Crippen molar-refractivity contribution < 1.29 is 14.5 Å². The Balaban J connectivity index is 2.06. The minimum atomic E-state index is -0.505. The van der Waals surface area contributed by atoms with Crippen LogP contribution in [0.25, 0.3) is 6.08 Å². The Bertz CT molecular complexity index is 798. The number of carbonyl (C=O) groups is 2. The number of hydrogen-bond donors (Lipinski definition) is 2. The van der Waals surface area contributed by atoms with Crippen LogP contribution in [0.15, 0.2) is 54.6 Å². The number of hydrogen-bond acceptors (Lipinski definition) is 4. The number of nitrogens with zero attached hydrogens (tertiary/aromatic N) is 1. The van der Waals surface area contributed by atoms with Gasteiger partial charge in [0.2, 0.25) is 5.91 Å². The van der Waals surface area contributed by atoms with Gasteiger partial charge in [-0.2, -0.15) is 0 Å². The van der Waals surface area contributed by atoms with Crippen molar-refractivity contribution >= 4 is 29.3 Å². The fourth-order valence-corrected chi connectivity index (χ4v) is 1.99. The Morgan fingerprint density at radius 2 is 1.75 bits per heavy atom. The predicted molar refractivity (Wildman–Crippen MR) is 90.6 cm³/mol. The number of rotatable bonds is 5. The van der Waals surface area contributed by atoms with E-state index >= 15 is 0 Å². The van der Waals surface area contributed by atoms with Crippen LogP contribution in [0.1, 0.15) is 15.9 Å². The maximum Gasteiger partial charge on any atom is 0.276 e. The highest BCUT2D eigenvalue weighted by Gasteiger charge is 2.10. The highest BCUT2D eigenvalue weighted by atomic mass is 16.6. The smallest absolute Gasteiger partial charge is 0.276 e. The van der Waals surface area contributed by atoms with E-state index in [1.807, 2.05) is 0 Å². The molecule has 0 aliphatic heterocycles. The molecule has 0 unspecified atom stereocenters. The van der Waals surface area contributed by atoms with Gasteiger partial charge in [0.1, 0.15) is 0 Å². The Labute approximate surface area is 138 Å². The summed E-state index contributed by atoms with van der Waals surface area (Å²) in [6, 6.07) is 12.5. The molecular weight excluding hydrogens is 310 g/mol. The molecule has 0 atom stereocenters. The Morgan fingerprint density at radius 1 is 1.08 bits per heavy atom. The number of carbonyl (C=O) groups excluding carboxylic acids is 2. The van der Waals surface area contributed by atoms with Crippen LogP contribution in [0, 0.1) is 10.1 Å². The molecule has 0 heterocycles. The summed E-state index contributed by atoms with van der Waals surface area (Å²) in [7, 11) is 1.53. The van der Waals surface area contributed by atoms with Crippen molar-refractivity contribution in [2.45, 2.75) is 0 Å². The third-order valence-electron chi connectivity index (χ3n) is 3.19. The van der Waals surface area contributed by atoms with Crippen LogP contribution in [0.3, 0.4) is 0 Å². The summed E-state index contributed by atoms with van der Waals surface area (Å²) in [6.07, 6.45) is 2.60. The summed E-state index contributed by atoms with van der Waals surface area (Å²) < 4.78 is 0. The molecule has 2 aromatic rings. The molecule has 24 heavy (non-hydrogen) atoms. The van der Waals surface area contributed by atoms with Crippen LogP contribution < -0.4 is 10.6 Å². The fraction of sp³-hybridized carbons (Fsp3) is 0.0588. The van der Waals surface area contributed by atoms with Crippen LogP contribution >= 0.6 is 0 Å². The SMILES string of the molecule is CNC(=O)c1ccc(NC(=O)/C=C/c2ccccc2[N+](=O)[O-])cc1. The van der Waals surface area contributed by atoms with E-state index in [2.05, 4.69) is 10.6 Å². The summed E-state index contributed by atoms with van der Waals surface area (Å²) in [5.41, 5.74) is 1.26. The average molecular weight is 325 g/mol. The molecule has 2 rings (SSSR count). The monoisotopic (exact) mass is 325 g/mol. The number of para-hydroxylation sites is 1. The van der Waals surface area contributed by atoms with Gasteiger partial charge in [-0.1, -0.05) is 12.1 Å². The summed E-state index contributed by atoms with van der Waals surface area (Å²) >= 11 is 0. The lowest BCUT2D eigenvalue weighted by Crippen LogP contribution is -2.17. The number of nitrogens with one attached hydrogen (secondary N) is 2. The number of nitro benzene ring substituents is 1. The molecule has 2 aromatic carbocycles. The second kappa shape index (κ2) is 7.68. The highest BCUT2D eigenvalue weighted by Crippen LogP contribution is 2.19. The molecule has 2 N–H and O–H groups in total. The lowest BCUT2D eigenvalue weighted by molar-refractivity contribution is -0.385. The van der Waals surface area contributed by atoms with Crippen molar-refractivity contribution in [3.05, 3.63) is 75.8 Å². The lowest BCUT2D eigenvalue weighted by atomic mass is 10.1. The summed E-state index contributed by atoms with van der Waals surface area (Å²) in [6.45, 7) is 0. The Hall–Kier alpha value is -3.48. The zero-order chi connectivity index (χ0) is 17.5. The van der Waals surface area contributed by atoms with Gasteiger partial charge in [0.15, 0.2) is 0 Å². The molecule has 0 aliphatic rings. The third-order valence-corrected chi connectivity index (χ3v) is 3.19. The van der Waals surface area contributed by atoms with E-state index in [-0.39, 0.29) is 11.6 Å². The Kier molecular flexibility index (Phi) is 5.40. The zero-order valence-corrected chi connectivity index (χ0v) is 12.9. The lowest BCUT2D eigenvalue weighted by Gasteiger charge is -2.04. The van der Waals surface area contributed by atoms with Gasteiger partial charge in [-0.25, -0.2) is 0 Å². The largest absolute Gasteiger partial charge is 0.355 e. The topological polar surface area (TPSA) is 101 Å². The van der Waals surface area contributed by atoms with E-state index in [9.17, 15) is 19.7 Å². The minimum Gasteiger partial charge on any atom is -0.355 e. The van der Waals surface area contributed by atoms with Crippen LogP contribution in [0.2, 0.25) is 0 Å². The molecule has 0 radical (unpaired) electrons. The van der Waals surface area contributed by atoms with Crippen molar-refractivity contribution in [2.24, 2.45) is 0 Å². The predicted octanol–water partition coefficient (Wildman–Crippen LogP) is 2.61. The molecule has 7 heteroatoms. The standard InChI is InChI=1S/C17H15N3O4/c1-18-17(22)13-6-9-14(10-7-13)19-16(21)11-8-12-4-2-3-5-15(12)20(23)24/h2-11H,1H3,(H,18,22)(H,19,21)/b11-8+. The zero-order valence-electron chi connectivity index (χ0n) is 12.9. The maximum absolute atomic E-state index is 11.9. The van der Waals surface area contributed by atoms with Crippen LogP contribution in [-0.2, 0) is 4.79 Å². The second-order valence-corrected chi connectivity index (χ2v) is 4.79. The normalized spacial score (nSPS) is 10.4. The summed E-state index contributed by atoms with van der Waals surface area (Å²) in [4.78, 5) is 33.7. The highest BCUT2D eigenvalue weighted by molar-refractivity contribution is 6.02. The molecule has 0 spiro atoms. The molecule has 0 saturated carbocycles. The van der Waals surface area contributed by atoms with Crippen molar-refractivity contribution in [2.75, 3.05) is 12.4 Å². The average Bonchev–Trinajstić information content (AvgIpc) is 2.60. The molecule has 7 nitrogen and oxygen atoms in total. The van der Waals surface area contributed by atoms with E-state index < -0.39 is 10.8 Å². The van der Waals surface area contributed by atoms with Crippen LogP contribution in [0.5, 0.6) is 0 Å². The van der Waals surface area contributed by atoms with Crippen LogP contribution in [-0.4, -0.2) is 23.8 Å². The first-order chi connectivity index (χ1) is 11.5. The van der Waals surface area contributed by atoms with Gasteiger partial charge in [0.05, 0.1) is 10.5 Å². The first-order valence-corrected chi connectivity index (χ1v) is 7.06. The minimum absolute atomic E-state index is 0.0727. The van der Waals surface area contributed by atoms with Gasteiger partial charge in [-0.3, -0.25) is 19.7 Å². The van der Waals surface area contributed by atoms with Gasteiger partial charge in [0, 0.05) is 30.4 Å². The van der Waals surface area contributed by atoms with Crippen molar-refractivity contribution in [1.82, 2.24) is 5.32 Å². The van der Waals surface area contributed by atoms with Crippen LogP contribution in [0.4, 0.5) is 11.4 Å². The maximum atomic E-state index is 11.9. The van der Waals surface area contributed by atoms with Gasteiger partial charge in [-0.15, -0.1) is 0 Å². The summed E-state index contributed by atoms with van der Waals surface area (Å²) in [5.74, 6) is -0.648. The van der Waals surface area contributed by atoms with E-state index in [0.717, 1.165) is 0 Å². The van der Waals surface area contributed by atoms with Gasteiger partial charge >= 0.3 is 0 Å².